The van der Waals surface area contributed by atoms with Gasteiger partial charge in [-0.1, -0.05) is 6.92 Å². The fourth-order valence-corrected chi connectivity index (χ4v) is 7.54. The Bertz CT molecular complexity index is 742. The number of esters is 1. The van der Waals surface area contributed by atoms with E-state index in [1.165, 1.54) is 0 Å². The van der Waals surface area contributed by atoms with E-state index in [2.05, 4.69) is 6.92 Å². The summed E-state index contributed by atoms with van der Waals surface area (Å²) in [6.45, 7) is 2.18. The van der Waals surface area contributed by atoms with E-state index in [0.29, 0.717) is 12.8 Å². The van der Waals surface area contributed by atoms with Crippen LogP contribution in [0.15, 0.2) is 11.6 Å². The van der Waals surface area contributed by atoms with Gasteiger partial charge in [0.1, 0.15) is 5.60 Å². The highest BCUT2D eigenvalue weighted by atomic mass is 16.6. The van der Waals surface area contributed by atoms with Crippen molar-refractivity contribution in [3.63, 3.8) is 0 Å². The fraction of sp³-hybridized carbons (Fsp3) is 0.750. The fourth-order valence-electron chi connectivity index (χ4n) is 7.54. The number of ether oxygens (including phenoxy) is 1. The lowest BCUT2D eigenvalue weighted by atomic mass is 9.46. The molecule has 0 unspecified atom stereocenters. The minimum Gasteiger partial charge on any atom is -0.458 e. The molecule has 4 aliphatic carbocycles. The van der Waals surface area contributed by atoms with Gasteiger partial charge in [0.2, 0.25) is 5.91 Å². The first-order valence-corrected chi connectivity index (χ1v) is 9.61. The molecule has 3 saturated carbocycles. The van der Waals surface area contributed by atoms with Crippen LogP contribution in [0.1, 0.15) is 58.3 Å². The van der Waals surface area contributed by atoms with Crippen LogP contribution < -0.4 is 5.73 Å². The Labute approximate surface area is 147 Å². The summed E-state index contributed by atoms with van der Waals surface area (Å²) < 4.78 is 6.24. The van der Waals surface area contributed by atoms with Crippen molar-refractivity contribution < 1.29 is 19.1 Å². The average molecular weight is 343 g/mol. The average Bonchev–Trinajstić information content (AvgIpc) is 2.99. The van der Waals surface area contributed by atoms with Crippen molar-refractivity contribution in [1.29, 1.82) is 0 Å². The van der Waals surface area contributed by atoms with Crippen LogP contribution in [0.3, 0.4) is 0 Å². The second-order valence-electron chi connectivity index (χ2n) is 9.13. The van der Waals surface area contributed by atoms with Crippen molar-refractivity contribution in [3.8, 4) is 0 Å². The lowest BCUT2D eigenvalue weighted by Crippen LogP contribution is -2.59. The first kappa shape index (κ1) is 15.6. The molecule has 134 valence electrons. The third-order valence-electron chi connectivity index (χ3n) is 8.53. The van der Waals surface area contributed by atoms with Gasteiger partial charge < -0.3 is 10.5 Å². The lowest BCUT2D eigenvalue weighted by molar-refractivity contribution is -0.170. The van der Waals surface area contributed by atoms with Gasteiger partial charge >= 0.3 is 5.97 Å². The van der Waals surface area contributed by atoms with Crippen LogP contribution in [0.25, 0.3) is 0 Å². The number of nitrogens with two attached hydrogens (primary N) is 1. The maximum absolute atomic E-state index is 13.1. The first-order valence-electron chi connectivity index (χ1n) is 9.61. The molecule has 0 radical (unpaired) electrons. The smallest absolute Gasteiger partial charge is 0.317 e. The summed E-state index contributed by atoms with van der Waals surface area (Å²) in [6.07, 6.45) is 7.83. The number of ketones is 1. The molecule has 2 bridgehead atoms. The van der Waals surface area contributed by atoms with Crippen LogP contribution in [0.4, 0.5) is 0 Å². The molecule has 1 aliphatic heterocycles. The Morgan fingerprint density at radius 2 is 1.92 bits per heavy atom. The van der Waals surface area contributed by atoms with Gasteiger partial charge in [-0.15, -0.1) is 0 Å². The second kappa shape index (κ2) is 4.54. The van der Waals surface area contributed by atoms with Crippen LogP contribution in [0.5, 0.6) is 0 Å². The van der Waals surface area contributed by atoms with Gasteiger partial charge in [-0.05, 0) is 62.0 Å². The SMILES string of the molecule is C[C@@]12CC[C@H]3[C@]45CCC(=O)C=C4CC[C@]3(OC5=O)[C@H]1CC[C@H]2C(N)=O. The predicted molar refractivity (Wildman–Crippen MR) is 89.1 cm³/mol. The van der Waals surface area contributed by atoms with E-state index >= 15 is 0 Å². The van der Waals surface area contributed by atoms with Crippen molar-refractivity contribution >= 4 is 17.7 Å². The molecule has 4 fully saturated rings. The largest absolute Gasteiger partial charge is 0.458 e. The van der Waals surface area contributed by atoms with Crippen LogP contribution in [0.2, 0.25) is 0 Å². The zero-order valence-corrected chi connectivity index (χ0v) is 14.7. The van der Waals surface area contributed by atoms with E-state index < -0.39 is 11.0 Å². The maximum atomic E-state index is 13.1. The Morgan fingerprint density at radius 1 is 1.12 bits per heavy atom. The van der Waals surface area contributed by atoms with Gasteiger partial charge in [0.15, 0.2) is 5.78 Å². The third-order valence-corrected chi connectivity index (χ3v) is 8.53. The second-order valence-corrected chi connectivity index (χ2v) is 9.13. The number of hydrogen-bond donors (Lipinski definition) is 1. The van der Waals surface area contributed by atoms with Crippen molar-refractivity contribution in [1.82, 2.24) is 0 Å². The van der Waals surface area contributed by atoms with Crippen LogP contribution in [0, 0.1) is 28.6 Å². The van der Waals surface area contributed by atoms with Crippen LogP contribution in [-0.2, 0) is 19.1 Å². The molecule has 0 aromatic heterocycles. The molecule has 1 saturated heterocycles. The summed E-state index contributed by atoms with van der Waals surface area (Å²) in [6, 6.07) is 0. The monoisotopic (exact) mass is 343 g/mol. The van der Waals surface area contributed by atoms with E-state index in [-0.39, 0.29) is 40.8 Å². The van der Waals surface area contributed by atoms with E-state index in [1.54, 1.807) is 6.08 Å². The predicted octanol–water partition coefficient (Wildman–Crippen LogP) is 2.28. The summed E-state index contributed by atoms with van der Waals surface area (Å²) >= 11 is 0. The summed E-state index contributed by atoms with van der Waals surface area (Å²) in [5.74, 6) is 0.0687. The topological polar surface area (TPSA) is 86.5 Å². The zero-order valence-electron chi connectivity index (χ0n) is 14.7. The van der Waals surface area contributed by atoms with Gasteiger partial charge in [-0.3, -0.25) is 14.4 Å². The Balaban J connectivity index is 1.63. The molecular weight excluding hydrogens is 318 g/mol. The molecule has 0 aromatic rings. The molecule has 5 aliphatic rings. The summed E-state index contributed by atoms with van der Waals surface area (Å²) in [7, 11) is 0. The van der Waals surface area contributed by atoms with Gasteiger partial charge in [-0.2, -0.15) is 0 Å². The molecule has 2 N–H and O–H groups in total. The van der Waals surface area contributed by atoms with E-state index in [0.717, 1.165) is 44.1 Å². The number of hydrogen-bond acceptors (Lipinski definition) is 4. The highest BCUT2D eigenvalue weighted by Gasteiger charge is 2.75. The molecule has 5 heteroatoms. The summed E-state index contributed by atoms with van der Waals surface area (Å²) in [5.41, 5.74) is 5.53. The number of rotatable bonds is 1. The van der Waals surface area contributed by atoms with E-state index in [9.17, 15) is 14.4 Å². The van der Waals surface area contributed by atoms with Crippen molar-refractivity contribution in [2.24, 2.45) is 34.3 Å². The van der Waals surface area contributed by atoms with Gasteiger partial charge in [-0.25, -0.2) is 0 Å². The number of primary amides is 1. The standard InChI is InChI=1S/C20H25NO4/c1-18-7-6-15-19-8-5-12(22)10-11(19)4-9-20(15,25-17(19)24)14(18)3-2-13(18)16(21)23/h10,13-15H,2-9H2,1H3,(H2,21,23)/t13-,14-,15-,18-,19-,20-/m0/s1. The Morgan fingerprint density at radius 3 is 2.68 bits per heavy atom. The highest BCUT2D eigenvalue weighted by Crippen LogP contribution is 2.72. The molecule has 1 amide bonds. The number of carbonyl (C=O) groups excluding carboxylic acids is 3. The van der Waals surface area contributed by atoms with Gasteiger partial charge in [0.05, 0.1) is 5.41 Å². The number of fused-ring (bicyclic) bond motifs is 1. The zero-order chi connectivity index (χ0) is 17.6. The molecule has 1 spiro atoms. The van der Waals surface area contributed by atoms with E-state index in [1.807, 2.05) is 0 Å². The molecule has 25 heavy (non-hydrogen) atoms. The highest BCUT2D eigenvalue weighted by molar-refractivity contribution is 5.96. The molecule has 1 heterocycles. The van der Waals surface area contributed by atoms with Crippen molar-refractivity contribution in [2.45, 2.75) is 63.9 Å². The maximum Gasteiger partial charge on any atom is 0.317 e. The molecule has 6 atom stereocenters. The minimum absolute atomic E-state index is 0.111. The molecule has 5 rings (SSSR count). The lowest BCUT2D eigenvalue weighted by Gasteiger charge is -2.56. The van der Waals surface area contributed by atoms with E-state index in [4.69, 9.17) is 10.5 Å². The Kier molecular flexibility index (Phi) is 2.83. The van der Waals surface area contributed by atoms with Crippen molar-refractivity contribution in [3.05, 3.63) is 11.6 Å². The quantitative estimate of drug-likeness (QED) is 0.740. The summed E-state index contributed by atoms with van der Waals surface area (Å²) in [5, 5.41) is 0. The van der Waals surface area contributed by atoms with Gasteiger partial charge in [0.25, 0.3) is 0 Å². The molecule has 5 nitrogen and oxygen atoms in total. The summed E-state index contributed by atoms with van der Waals surface area (Å²) in [4.78, 5) is 37.1. The third kappa shape index (κ3) is 1.59. The van der Waals surface area contributed by atoms with Crippen molar-refractivity contribution in [2.75, 3.05) is 0 Å². The molecule has 0 aromatic carbocycles. The van der Waals surface area contributed by atoms with Crippen LogP contribution in [-0.4, -0.2) is 23.3 Å². The number of carbonyl (C=O) groups is 3. The normalized spacial score (nSPS) is 50.4. The van der Waals surface area contributed by atoms with Crippen LogP contribution >= 0.6 is 0 Å². The number of amides is 1. The molecular formula is C20H25NO4. The minimum atomic E-state index is -0.571. The van der Waals surface area contributed by atoms with Gasteiger partial charge in [0, 0.05) is 24.2 Å². The first-order chi connectivity index (χ1) is 11.8. The Hall–Kier alpha value is -1.65.